The molecule has 1 fully saturated rings. The van der Waals surface area contributed by atoms with Gasteiger partial charge in [-0.15, -0.1) is 0 Å². The van der Waals surface area contributed by atoms with Crippen LogP contribution < -0.4 is 5.32 Å². The first-order valence-electron chi connectivity index (χ1n) is 3.84. The lowest BCUT2D eigenvalue weighted by molar-refractivity contribution is -0.171. The van der Waals surface area contributed by atoms with Gasteiger partial charge in [0.1, 0.15) is 0 Å². The standard InChI is InChI=1S/C7H12N2O3/c1-4(2)8-5-3-6(10)9(12)7(5)11/h4-5,8,12H,3H2,1-2H3. The van der Waals surface area contributed by atoms with Crippen molar-refractivity contribution < 1.29 is 14.8 Å². The molecule has 2 N–H and O–H groups in total. The van der Waals surface area contributed by atoms with Gasteiger partial charge < -0.3 is 5.32 Å². The quantitative estimate of drug-likeness (QED) is 0.435. The van der Waals surface area contributed by atoms with Gasteiger partial charge in [0.25, 0.3) is 11.8 Å². The van der Waals surface area contributed by atoms with Crippen LogP contribution in [-0.2, 0) is 9.59 Å². The van der Waals surface area contributed by atoms with Crippen LogP contribution in [0.5, 0.6) is 0 Å². The molecule has 0 aromatic heterocycles. The summed E-state index contributed by atoms with van der Waals surface area (Å²) in [5, 5.41) is 11.9. The highest BCUT2D eigenvalue weighted by Gasteiger charge is 2.37. The van der Waals surface area contributed by atoms with Gasteiger partial charge in [-0.1, -0.05) is 13.8 Å². The number of hydroxylamine groups is 2. The molecule has 1 unspecified atom stereocenters. The van der Waals surface area contributed by atoms with Crippen molar-refractivity contribution in [2.45, 2.75) is 32.4 Å². The summed E-state index contributed by atoms with van der Waals surface area (Å²) >= 11 is 0. The van der Waals surface area contributed by atoms with Crippen LogP contribution in [0.4, 0.5) is 0 Å². The third-order valence-corrected chi connectivity index (χ3v) is 1.66. The zero-order chi connectivity index (χ0) is 9.30. The molecule has 0 saturated carbocycles. The number of nitrogens with zero attached hydrogens (tertiary/aromatic N) is 1. The average molecular weight is 172 g/mol. The summed E-state index contributed by atoms with van der Waals surface area (Å²) in [5.41, 5.74) is 0. The minimum Gasteiger partial charge on any atom is -0.303 e. The number of carbonyl (C=O) groups excluding carboxylic acids is 2. The van der Waals surface area contributed by atoms with Crippen LogP contribution in [0, 0.1) is 0 Å². The predicted molar refractivity (Wildman–Crippen MR) is 40.3 cm³/mol. The van der Waals surface area contributed by atoms with E-state index < -0.39 is 17.9 Å². The highest BCUT2D eigenvalue weighted by Crippen LogP contribution is 2.10. The molecular weight excluding hydrogens is 160 g/mol. The Bertz CT molecular complexity index is 215. The number of rotatable bonds is 2. The smallest absolute Gasteiger partial charge is 0.270 e. The summed E-state index contributed by atoms with van der Waals surface area (Å²) in [6.45, 7) is 3.75. The summed E-state index contributed by atoms with van der Waals surface area (Å²) in [4.78, 5) is 21.8. The van der Waals surface area contributed by atoms with Crippen molar-refractivity contribution in [2.75, 3.05) is 0 Å². The maximum atomic E-state index is 11.0. The van der Waals surface area contributed by atoms with E-state index in [-0.39, 0.29) is 17.5 Å². The minimum absolute atomic E-state index is 0.0491. The van der Waals surface area contributed by atoms with E-state index in [2.05, 4.69) is 5.32 Å². The van der Waals surface area contributed by atoms with E-state index in [0.717, 1.165) is 0 Å². The Hall–Kier alpha value is -0.940. The van der Waals surface area contributed by atoms with Gasteiger partial charge in [0.2, 0.25) is 0 Å². The molecule has 1 atom stereocenters. The predicted octanol–water partition coefficient (Wildman–Crippen LogP) is -0.499. The zero-order valence-corrected chi connectivity index (χ0v) is 7.07. The largest absolute Gasteiger partial charge is 0.303 e. The van der Waals surface area contributed by atoms with Gasteiger partial charge in [-0.05, 0) is 0 Å². The van der Waals surface area contributed by atoms with E-state index in [9.17, 15) is 9.59 Å². The van der Waals surface area contributed by atoms with Crippen LogP contribution in [0.2, 0.25) is 0 Å². The lowest BCUT2D eigenvalue weighted by Gasteiger charge is -2.12. The van der Waals surface area contributed by atoms with Gasteiger partial charge in [0.05, 0.1) is 12.5 Å². The Morgan fingerprint density at radius 2 is 2.17 bits per heavy atom. The summed E-state index contributed by atoms with van der Waals surface area (Å²) in [6.07, 6.45) is 0.0491. The summed E-state index contributed by atoms with van der Waals surface area (Å²) in [5.74, 6) is -1.10. The van der Waals surface area contributed by atoms with Crippen LogP contribution in [-0.4, -0.2) is 34.2 Å². The first-order chi connectivity index (χ1) is 5.52. The first kappa shape index (κ1) is 9.15. The summed E-state index contributed by atoms with van der Waals surface area (Å²) in [6, 6.07) is -0.430. The molecule has 1 saturated heterocycles. The molecule has 0 radical (unpaired) electrons. The number of imide groups is 1. The third-order valence-electron chi connectivity index (χ3n) is 1.66. The zero-order valence-electron chi connectivity index (χ0n) is 7.07. The molecule has 2 amide bonds. The molecule has 0 spiro atoms. The lowest BCUT2D eigenvalue weighted by Crippen LogP contribution is -2.40. The van der Waals surface area contributed by atoms with Gasteiger partial charge in [0.15, 0.2) is 0 Å². The maximum absolute atomic E-state index is 11.0. The second-order valence-electron chi connectivity index (χ2n) is 3.12. The molecule has 1 aliphatic heterocycles. The van der Waals surface area contributed by atoms with E-state index in [4.69, 9.17) is 5.21 Å². The minimum atomic E-state index is -0.561. The molecule has 5 nitrogen and oxygen atoms in total. The monoisotopic (exact) mass is 172 g/mol. The van der Waals surface area contributed by atoms with Crippen LogP contribution in [0.15, 0.2) is 0 Å². The molecule has 1 aliphatic rings. The van der Waals surface area contributed by atoms with Gasteiger partial charge in [-0.2, -0.15) is 5.06 Å². The van der Waals surface area contributed by atoms with Crippen LogP contribution in [0.25, 0.3) is 0 Å². The molecule has 0 aromatic rings. The Morgan fingerprint density at radius 3 is 2.50 bits per heavy atom. The second-order valence-corrected chi connectivity index (χ2v) is 3.12. The van der Waals surface area contributed by atoms with Crippen LogP contribution >= 0.6 is 0 Å². The Kier molecular flexibility index (Phi) is 2.44. The topological polar surface area (TPSA) is 69.6 Å². The van der Waals surface area contributed by atoms with E-state index in [1.54, 1.807) is 0 Å². The first-order valence-corrected chi connectivity index (χ1v) is 3.84. The van der Waals surface area contributed by atoms with Crippen molar-refractivity contribution in [3.63, 3.8) is 0 Å². The fraction of sp³-hybridized carbons (Fsp3) is 0.714. The lowest BCUT2D eigenvalue weighted by atomic mass is 10.2. The van der Waals surface area contributed by atoms with Crippen molar-refractivity contribution >= 4 is 11.8 Å². The number of amides is 2. The SMILES string of the molecule is CC(C)NC1CC(=O)N(O)C1=O. The van der Waals surface area contributed by atoms with Crippen molar-refractivity contribution in [1.29, 1.82) is 0 Å². The molecule has 0 aliphatic carbocycles. The summed E-state index contributed by atoms with van der Waals surface area (Å²) < 4.78 is 0. The molecular formula is C7H12N2O3. The normalized spacial score (nSPS) is 24.3. The van der Waals surface area contributed by atoms with E-state index >= 15 is 0 Å². The number of hydrogen-bond acceptors (Lipinski definition) is 4. The highest BCUT2D eigenvalue weighted by molar-refractivity contribution is 6.04. The fourth-order valence-electron chi connectivity index (χ4n) is 1.15. The van der Waals surface area contributed by atoms with Crippen molar-refractivity contribution in [3.05, 3.63) is 0 Å². The Morgan fingerprint density at radius 1 is 1.58 bits per heavy atom. The van der Waals surface area contributed by atoms with Gasteiger partial charge >= 0.3 is 0 Å². The van der Waals surface area contributed by atoms with E-state index in [1.165, 1.54) is 0 Å². The molecule has 12 heavy (non-hydrogen) atoms. The third kappa shape index (κ3) is 1.62. The molecule has 5 heteroatoms. The van der Waals surface area contributed by atoms with E-state index in [1.807, 2.05) is 13.8 Å². The molecule has 68 valence electrons. The number of hydrogen-bond donors (Lipinski definition) is 2. The molecule has 1 heterocycles. The fourth-order valence-corrected chi connectivity index (χ4v) is 1.15. The van der Waals surface area contributed by atoms with Crippen molar-refractivity contribution in [2.24, 2.45) is 0 Å². The van der Waals surface area contributed by atoms with Crippen LogP contribution in [0.3, 0.4) is 0 Å². The van der Waals surface area contributed by atoms with Crippen LogP contribution in [0.1, 0.15) is 20.3 Å². The van der Waals surface area contributed by atoms with Gasteiger partial charge in [-0.3, -0.25) is 14.8 Å². The van der Waals surface area contributed by atoms with Crippen molar-refractivity contribution in [3.8, 4) is 0 Å². The maximum Gasteiger partial charge on any atom is 0.270 e. The molecule has 0 bridgehead atoms. The second kappa shape index (κ2) is 3.20. The Balaban J connectivity index is 2.59. The van der Waals surface area contributed by atoms with E-state index in [0.29, 0.717) is 0 Å². The number of carbonyl (C=O) groups is 2. The molecule has 1 rings (SSSR count). The van der Waals surface area contributed by atoms with Crippen molar-refractivity contribution in [1.82, 2.24) is 10.4 Å². The molecule has 0 aromatic carbocycles. The average Bonchev–Trinajstić information content (AvgIpc) is 2.17. The summed E-state index contributed by atoms with van der Waals surface area (Å²) in [7, 11) is 0. The number of nitrogens with one attached hydrogen (secondary N) is 1. The van der Waals surface area contributed by atoms with Gasteiger partial charge in [0, 0.05) is 6.04 Å². The highest BCUT2D eigenvalue weighted by atomic mass is 16.5. The van der Waals surface area contributed by atoms with Gasteiger partial charge in [-0.25, -0.2) is 0 Å². The Labute approximate surface area is 70.3 Å².